The van der Waals surface area contributed by atoms with E-state index < -0.39 is 0 Å². The molecule has 1 N–H and O–H groups in total. The van der Waals surface area contributed by atoms with E-state index in [0.717, 1.165) is 31.9 Å². The van der Waals surface area contributed by atoms with Gasteiger partial charge in [0.25, 0.3) is 0 Å². The fraction of sp³-hybridized carbons (Fsp3) is 0.846. The van der Waals surface area contributed by atoms with Gasteiger partial charge in [-0.1, -0.05) is 0 Å². The van der Waals surface area contributed by atoms with E-state index in [1.807, 2.05) is 4.68 Å². The second-order valence-electron chi connectivity index (χ2n) is 5.32. The van der Waals surface area contributed by atoms with Gasteiger partial charge in [-0.2, -0.15) is 5.10 Å². The van der Waals surface area contributed by atoms with Crippen molar-refractivity contribution < 1.29 is 0 Å². The Kier molecular flexibility index (Phi) is 6.29. The lowest BCUT2D eigenvalue weighted by atomic mass is 10.3. The average molecular weight is 253 g/mol. The van der Waals surface area contributed by atoms with Gasteiger partial charge < -0.3 is 10.2 Å². The first kappa shape index (κ1) is 15.1. The molecule has 0 fully saturated rings. The third kappa shape index (κ3) is 4.74. The maximum atomic E-state index is 4.28. The van der Waals surface area contributed by atoms with Gasteiger partial charge in [-0.25, -0.2) is 9.67 Å². The maximum Gasteiger partial charge on any atom is 0.141 e. The van der Waals surface area contributed by atoms with Gasteiger partial charge in [0.1, 0.15) is 12.2 Å². The topological polar surface area (TPSA) is 46.0 Å². The van der Waals surface area contributed by atoms with Crippen LogP contribution in [0.25, 0.3) is 0 Å². The van der Waals surface area contributed by atoms with Crippen molar-refractivity contribution in [3.8, 4) is 0 Å². The molecule has 0 saturated carbocycles. The third-order valence-corrected chi connectivity index (χ3v) is 3.17. The SMILES string of the molecule is CC(C)N(C)CCCNCc1ncnn1C(C)C. The van der Waals surface area contributed by atoms with E-state index in [2.05, 4.69) is 55.0 Å². The van der Waals surface area contributed by atoms with E-state index in [9.17, 15) is 0 Å². The minimum absolute atomic E-state index is 0.372. The van der Waals surface area contributed by atoms with Crippen LogP contribution in [0.15, 0.2) is 6.33 Å². The van der Waals surface area contributed by atoms with Crippen LogP contribution >= 0.6 is 0 Å². The molecular weight excluding hydrogens is 226 g/mol. The number of nitrogens with zero attached hydrogens (tertiary/aromatic N) is 4. The highest BCUT2D eigenvalue weighted by molar-refractivity contribution is 4.85. The zero-order valence-electron chi connectivity index (χ0n) is 12.3. The Bertz CT molecular complexity index is 332. The molecule has 0 spiro atoms. The van der Waals surface area contributed by atoms with Crippen molar-refractivity contribution >= 4 is 0 Å². The zero-order chi connectivity index (χ0) is 13.5. The summed E-state index contributed by atoms with van der Waals surface area (Å²) < 4.78 is 1.97. The van der Waals surface area contributed by atoms with Crippen LogP contribution < -0.4 is 5.32 Å². The fourth-order valence-corrected chi connectivity index (χ4v) is 1.74. The van der Waals surface area contributed by atoms with Crippen molar-refractivity contribution in [1.29, 1.82) is 0 Å². The summed E-state index contributed by atoms with van der Waals surface area (Å²) in [6.07, 6.45) is 2.79. The lowest BCUT2D eigenvalue weighted by molar-refractivity contribution is 0.269. The van der Waals surface area contributed by atoms with Crippen LogP contribution in [-0.2, 0) is 6.54 Å². The van der Waals surface area contributed by atoms with Crippen LogP contribution in [0.3, 0.4) is 0 Å². The first-order chi connectivity index (χ1) is 8.52. The van der Waals surface area contributed by atoms with E-state index in [0.29, 0.717) is 12.1 Å². The van der Waals surface area contributed by atoms with Gasteiger partial charge in [0.2, 0.25) is 0 Å². The normalized spacial score (nSPS) is 12.0. The molecule has 0 amide bonds. The van der Waals surface area contributed by atoms with Crippen molar-refractivity contribution in [3.63, 3.8) is 0 Å². The van der Waals surface area contributed by atoms with Crippen LogP contribution in [0.1, 0.15) is 46.0 Å². The van der Waals surface area contributed by atoms with Crippen LogP contribution in [0.5, 0.6) is 0 Å². The van der Waals surface area contributed by atoms with Crippen LogP contribution in [0.4, 0.5) is 0 Å². The molecule has 1 aromatic rings. The van der Waals surface area contributed by atoms with Crippen molar-refractivity contribution in [2.75, 3.05) is 20.1 Å². The quantitative estimate of drug-likeness (QED) is 0.716. The van der Waals surface area contributed by atoms with Gasteiger partial charge in [0.15, 0.2) is 0 Å². The van der Waals surface area contributed by atoms with E-state index in [1.165, 1.54) is 0 Å². The first-order valence-electron chi connectivity index (χ1n) is 6.81. The predicted octanol–water partition coefficient (Wildman–Crippen LogP) is 1.68. The minimum atomic E-state index is 0.372. The molecule has 0 radical (unpaired) electrons. The van der Waals surface area contributed by atoms with Crippen molar-refractivity contribution in [2.24, 2.45) is 0 Å². The molecule has 0 atom stereocenters. The molecule has 0 unspecified atom stereocenters. The zero-order valence-corrected chi connectivity index (χ0v) is 12.3. The van der Waals surface area contributed by atoms with E-state index in [-0.39, 0.29) is 0 Å². The maximum absolute atomic E-state index is 4.28. The van der Waals surface area contributed by atoms with Gasteiger partial charge in [0.05, 0.1) is 6.54 Å². The Morgan fingerprint density at radius 3 is 2.67 bits per heavy atom. The van der Waals surface area contributed by atoms with Gasteiger partial charge in [0, 0.05) is 12.1 Å². The Hall–Kier alpha value is -0.940. The summed E-state index contributed by atoms with van der Waals surface area (Å²) in [5, 5.41) is 7.65. The summed E-state index contributed by atoms with van der Waals surface area (Å²) in [6, 6.07) is 0.991. The third-order valence-electron chi connectivity index (χ3n) is 3.17. The molecule has 18 heavy (non-hydrogen) atoms. The summed E-state index contributed by atoms with van der Waals surface area (Å²) in [5.74, 6) is 1.02. The number of hydrogen-bond donors (Lipinski definition) is 1. The van der Waals surface area contributed by atoms with Crippen molar-refractivity contribution in [2.45, 2.75) is 52.7 Å². The average Bonchev–Trinajstić information content (AvgIpc) is 2.76. The van der Waals surface area contributed by atoms with Gasteiger partial charge in [-0.05, 0) is 54.3 Å². The lowest BCUT2D eigenvalue weighted by Gasteiger charge is -2.20. The lowest BCUT2D eigenvalue weighted by Crippen LogP contribution is -2.29. The largest absolute Gasteiger partial charge is 0.310 e. The minimum Gasteiger partial charge on any atom is -0.310 e. The number of nitrogens with one attached hydrogen (secondary N) is 1. The van der Waals surface area contributed by atoms with Crippen LogP contribution in [0, 0.1) is 0 Å². The summed E-state index contributed by atoms with van der Waals surface area (Å²) >= 11 is 0. The highest BCUT2D eigenvalue weighted by atomic mass is 15.3. The predicted molar refractivity (Wildman–Crippen MR) is 74.5 cm³/mol. The highest BCUT2D eigenvalue weighted by Gasteiger charge is 2.06. The van der Waals surface area contributed by atoms with E-state index in [4.69, 9.17) is 0 Å². The van der Waals surface area contributed by atoms with E-state index >= 15 is 0 Å². The fourth-order valence-electron chi connectivity index (χ4n) is 1.74. The van der Waals surface area contributed by atoms with Crippen LogP contribution in [0.2, 0.25) is 0 Å². The monoisotopic (exact) mass is 253 g/mol. The van der Waals surface area contributed by atoms with Gasteiger partial charge in [-0.3, -0.25) is 0 Å². The molecule has 1 heterocycles. The molecule has 5 heteroatoms. The van der Waals surface area contributed by atoms with Crippen molar-refractivity contribution in [3.05, 3.63) is 12.2 Å². The first-order valence-corrected chi connectivity index (χ1v) is 6.81. The summed E-state index contributed by atoms with van der Waals surface area (Å²) in [6.45, 7) is 11.6. The highest BCUT2D eigenvalue weighted by Crippen LogP contribution is 2.04. The Morgan fingerprint density at radius 1 is 1.33 bits per heavy atom. The number of rotatable bonds is 8. The van der Waals surface area contributed by atoms with Crippen molar-refractivity contribution in [1.82, 2.24) is 25.0 Å². The standard InChI is InChI=1S/C13H27N5/c1-11(2)17(5)8-6-7-14-9-13-15-10-16-18(13)12(3)4/h10-12,14H,6-9H2,1-5H3. The second kappa shape index (κ2) is 7.48. The molecule has 1 rings (SSSR count). The molecule has 104 valence electrons. The summed E-state index contributed by atoms with van der Waals surface area (Å²) in [4.78, 5) is 6.64. The summed E-state index contributed by atoms with van der Waals surface area (Å²) in [5.41, 5.74) is 0. The molecule has 0 bridgehead atoms. The molecule has 0 aliphatic rings. The Morgan fingerprint density at radius 2 is 2.06 bits per heavy atom. The Balaban J connectivity index is 2.20. The molecule has 0 aliphatic heterocycles. The molecule has 0 aromatic carbocycles. The molecular formula is C13H27N5. The molecule has 0 saturated heterocycles. The van der Waals surface area contributed by atoms with Crippen LogP contribution in [-0.4, -0.2) is 45.8 Å². The molecule has 5 nitrogen and oxygen atoms in total. The molecule has 0 aliphatic carbocycles. The summed E-state index contributed by atoms with van der Waals surface area (Å²) in [7, 11) is 2.17. The smallest absolute Gasteiger partial charge is 0.141 e. The van der Waals surface area contributed by atoms with Gasteiger partial charge >= 0.3 is 0 Å². The van der Waals surface area contributed by atoms with E-state index in [1.54, 1.807) is 6.33 Å². The number of hydrogen-bond acceptors (Lipinski definition) is 4. The second-order valence-corrected chi connectivity index (χ2v) is 5.32. The Labute approximate surface area is 111 Å². The van der Waals surface area contributed by atoms with Gasteiger partial charge in [-0.15, -0.1) is 0 Å². The number of aromatic nitrogens is 3. The molecule has 1 aromatic heterocycles.